The first-order chi connectivity index (χ1) is 13.3. The van der Waals surface area contributed by atoms with Gasteiger partial charge in [-0.2, -0.15) is 4.98 Å². The number of hydrogen-bond donors (Lipinski definition) is 0. The molecule has 9 heteroatoms. The van der Waals surface area contributed by atoms with Gasteiger partial charge in [-0.3, -0.25) is 4.98 Å². The molecule has 3 rings (SSSR count). The summed E-state index contributed by atoms with van der Waals surface area (Å²) < 4.78 is 21.6. The zero-order valence-electron chi connectivity index (χ0n) is 16.7. The average molecular weight is 390 g/mol. The van der Waals surface area contributed by atoms with Crippen molar-refractivity contribution in [2.75, 3.05) is 26.8 Å². The van der Waals surface area contributed by atoms with Gasteiger partial charge in [-0.15, -0.1) is 0 Å². The number of amides is 1. The summed E-state index contributed by atoms with van der Waals surface area (Å²) in [5, 5.41) is 3.95. The normalized spacial score (nSPS) is 17.0. The summed E-state index contributed by atoms with van der Waals surface area (Å²) in [7, 11) is 1.62. The van der Waals surface area contributed by atoms with Gasteiger partial charge in [-0.25, -0.2) is 4.79 Å². The van der Waals surface area contributed by atoms with E-state index in [0.717, 1.165) is 6.42 Å². The lowest BCUT2D eigenvalue weighted by molar-refractivity contribution is 0.0275. The smallest absolute Gasteiger partial charge is 0.410 e. The quantitative estimate of drug-likeness (QED) is 0.742. The van der Waals surface area contributed by atoms with Crippen LogP contribution in [0.5, 0.6) is 5.75 Å². The highest BCUT2D eigenvalue weighted by atomic mass is 16.6. The number of methoxy groups -OCH3 is 1. The first kappa shape index (κ1) is 20.1. The fourth-order valence-corrected chi connectivity index (χ4v) is 2.77. The molecule has 9 nitrogen and oxygen atoms in total. The van der Waals surface area contributed by atoms with Crippen molar-refractivity contribution in [1.29, 1.82) is 0 Å². The molecular formula is C19H26N4O5. The summed E-state index contributed by atoms with van der Waals surface area (Å²) in [6.45, 7) is 7.15. The maximum absolute atomic E-state index is 12.2. The number of hydrogen-bond acceptors (Lipinski definition) is 8. The lowest BCUT2D eigenvalue weighted by Crippen LogP contribution is -2.36. The van der Waals surface area contributed by atoms with E-state index in [0.29, 0.717) is 49.3 Å². The molecule has 1 aliphatic heterocycles. The molecule has 1 aliphatic rings. The van der Waals surface area contributed by atoms with Crippen LogP contribution in [0.3, 0.4) is 0 Å². The molecule has 0 N–H and O–H groups in total. The highest BCUT2D eigenvalue weighted by Crippen LogP contribution is 2.23. The van der Waals surface area contributed by atoms with Crippen LogP contribution in [-0.2, 0) is 15.9 Å². The average Bonchev–Trinajstić information content (AvgIpc) is 3.28. The number of rotatable bonds is 6. The van der Waals surface area contributed by atoms with Crippen molar-refractivity contribution in [3.05, 3.63) is 24.2 Å². The molecule has 28 heavy (non-hydrogen) atoms. The van der Waals surface area contributed by atoms with Gasteiger partial charge in [0.2, 0.25) is 11.7 Å². The second-order valence-corrected chi connectivity index (χ2v) is 7.59. The molecule has 0 aliphatic carbocycles. The van der Waals surface area contributed by atoms with E-state index >= 15 is 0 Å². The zero-order valence-corrected chi connectivity index (χ0v) is 16.7. The molecule has 0 spiro atoms. The van der Waals surface area contributed by atoms with Crippen LogP contribution in [0.1, 0.15) is 33.1 Å². The molecule has 3 heterocycles. The third kappa shape index (κ3) is 5.41. The van der Waals surface area contributed by atoms with Gasteiger partial charge < -0.3 is 23.6 Å². The van der Waals surface area contributed by atoms with Crippen LogP contribution in [0.15, 0.2) is 22.9 Å². The summed E-state index contributed by atoms with van der Waals surface area (Å²) in [5.74, 6) is 1.54. The maximum Gasteiger partial charge on any atom is 0.410 e. The lowest BCUT2D eigenvalue weighted by atomic mass is 10.2. The molecule has 1 unspecified atom stereocenters. The minimum atomic E-state index is -0.511. The van der Waals surface area contributed by atoms with E-state index in [2.05, 4.69) is 15.1 Å². The van der Waals surface area contributed by atoms with Gasteiger partial charge in [0, 0.05) is 32.3 Å². The van der Waals surface area contributed by atoms with E-state index in [1.54, 1.807) is 30.3 Å². The van der Waals surface area contributed by atoms with Crippen LogP contribution in [0.2, 0.25) is 0 Å². The van der Waals surface area contributed by atoms with Gasteiger partial charge in [0.25, 0.3) is 0 Å². The number of aromatic nitrogens is 3. The van der Waals surface area contributed by atoms with Gasteiger partial charge in [-0.1, -0.05) is 5.16 Å². The van der Waals surface area contributed by atoms with Gasteiger partial charge in [0.15, 0.2) is 0 Å². The summed E-state index contributed by atoms with van der Waals surface area (Å²) in [5.41, 5.74) is 0.0508. The second-order valence-electron chi connectivity index (χ2n) is 7.59. The third-order valence-corrected chi connectivity index (χ3v) is 4.05. The molecule has 0 aromatic carbocycles. The Morgan fingerprint density at radius 2 is 2.21 bits per heavy atom. The number of carbonyl (C=O) groups excluding carboxylic acids is 1. The Kier molecular flexibility index (Phi) is 6.13. The number of likely N-dealkylation sites (tertiary alicyclic amines) is 1. The Balaban J connectivity index is 1.59. The van der Waals surface area contributed by atoms with Gasteiger partial charge in [-0.05, 0) is 26.8 Å². The van der Waals surface area contributed by atoms with Crippen LogP contribution in [0.4, 0.5) is 4.79 Å². The zero-order chi connectivity index (χ0) is 20.1. The topological polar surface area (TPSA) is 99.8 Å². The SMILES string of the molecule is COCCc1nc(-c2cc(OC3CCN(C(=O)OC(C)(C)C)C3)ccn2)no1. The van der Waals surface area contributed by atoms with Crippen LogP contribution in [0, 0.1) is 0 Å². The number of carbonyl (C=O) groups is 1. The molecule has 0 bridgehead atoms. The van der Waals surface area contributed by atoms with Gasteiger partial charge >= 0.3 is 6.09 Å². The monoisotopic (exact) mass is 390 g/mol. The van der Waals surface area contributed by atoms with Crippen LogP contribution < -0.4 is 4.74 Å². The predicted molar refractivity (Wildman–Crippen MR) is 99.9 cm³/mol. The number of pyridine rings is 1. The summed E-state index contributed by atoms with van der Waals surface area (Å²) in [6, 6.07) is 3.53. The van der Waals surface area contributed by atoms with Crippen molar-refractivity contribution in [1.82, 2.24) is 20.0 Å². The minimum Gasteiger partial charge on any atom is -0.488 e. The first-order valence-corrected chi connectivity index (χ1v) is 9.26. The number of nitrogens with zero attached hydrogens (tertiary/aromatic N) is 4. The summed E-state index contributed by atoms with van der Waals surface area (Å²) >= 11 is 0. The Morgan fingerprint density at radius 3 is 2.96 bits per heavy atom. The van der Waals surface area contributed by atoms with E-state index in [-0.39, 0.29) is 12.2 Å². The first-order valence-electron chi connectivity index (χ1n) is 9.26. The van der Waals surface area contributed by atoms with E-state index in [1.165, 1.54) is 0 Å². The van der Waals surface area contributed by atoms with Gasteiger partial charge in [0.1, 0.15) is 23.1 Å². The summed E-state index contributed by atoms with van der Waals surface area (Å²) in [6.07, 6.45) is 2.49. The summed E-state index contributed by atoms with van der Waals surface area (Å²) in [4.78, 5) is 22.4. The molecule has 2 aromatic heterocycles. The van der Waals surface area contributed by atoms with Crippen molar-refractivity contribution in [3.63, 3.8) is 0 Å². The highest BCUT2D eigenvalue weighted by Gasteiger charge is 2.31. The number of ether oxygens (including phenoxy) is 3. The largest absolute Gasteiger partial charge is 0.488 e. The Labute approximate surface area is 164 Å². The fraction of sp³-hybridized carbons (Fsp3) is 0.579. The maximum atomic E-state index is 12.2. The third-order valence-electron chi connectivity index (χ3n) is 4.05. The van der Waals surface area contributed by atoms with Gasteiger partial charge in [0.05, 0.1) is 19.6 Å². The van der Waals surface area contributed by atoms with Crippen molar-refractivity contribution < 1.29 is 23.5 Å². The van der Waals surface area contributed by atoms with Crippen molar-refractivity contribution >= 4 is 6.09 Å². The molecule has 1 fully saturated rings. The Morgan fingerprint density at radius 1 is 1.39 bits per heavy atom. The predicted octanol–water partition coefficient (Wildman–Crippen LogP) is 2.71. The van der Waals surface area contributed by atoms with E-state index in [9.17, 15) is 4.79 Å². The lowest BCUT2D eigenvalue weighted by Gasteiger charge is -2.24. The van der Waals surface area contributed by atoms with Crippen molar-refractivity contribution in [2.24, 2.45) is 0 Å². The van der Waals surface area contributed by atoms with Crippen LogP contribution in [-0.4, -0.2) is 64.6 Å². The van der Waals surface area contributed by atoms with E-state index in [1.807, 2.05) is 20.8 Å². The fourth-order valence-electron chi connectivity index (χ4n) is 2.77. The molecule has 1 amide bonds. The molecule has 0 radical (unpaired) electrons. The molecule has 1 atom stereocenters. The van der Waals surface area contributed by atoms with Crippen LogP contribution in [0.25, 0.3) is 11.5 Å². The molecule has 1 saturated heterocycles. The molecule has 0 saturated carbocycles. The second kappa shape index (κ2) is 8.55. The molecule has 152 valence electrons. The van der Waals surface area contributed by atoms with Crippen molar-refractivity contribution in [3.8, 4) is 17.3 Å². The van der Waals surface area contributed by atoms with E-state index < -0.39 is 5.60 Å². The van der Waals surface area contributed by atoms with Crippen molar-refractivity contribution in [2.45, 2.75) is 45.3 Å². The molecule has 2 aromatic rings. The van der Waals surface area contributed by atoms with E-state index in [4.69, 9.17) is 18.7 Å². The highest BCUT2D eigenvalue weighted by molar-refractivity contribution is 5.68. The Hall–Kier alpha value is -2.68. The molecular weight excluding hydrogens is 364 g/mol. The van der Waals surface area contributed by atoms with Crippen LogP contribution >= 0.6 is 0 Å². The Bertz CT molecular complexity index is 802. The standard InChI is InChI=1S/C19H26N4O5/c1-19(2,3)27-18(24)23-9-6-14(12-23)26-13-5-8-20-15(11-13)17-21-16(28-22-17)7-10-25-4/h5,8,11,14H,6-7,9-10,12H2,1-4H3. The minimum absolute atomic E-state index is 0.106.